The van der Waals surface area contributed by atoms with Crippen LogP contribution in [0.4, 0.5) is 13.2 Å². The lowest BCUT2D eigenvalue weighted by atomic mass is 9.95. The minimum Gasteiger partial charge on any atom is -0.322 e. The molecule has 1 aromatic heterocycles. The van der Waals surface area contributed by atoms with E-state index in [2.05, 4.69) is 4.98 Å². The largest absolute Gasteiger partial charge is 0.417 e. The van der Waals surface area contributed by atoms with Crippen molar-refractivity contribution >= 4 is 0 Å². The van der Waals surface area contributed by atoms with Gasteiger partial charge in [0.1, 0.15) is 0 Å². The number of pyridine rings is 1. The van der Waals surface area contributed by atoms with Gasteiger partial charge in [0.25, 0.3) is 0 Å². The van der Waals surface area contributed by atoms with Crippen LogP contribution in [0.5, 0.6) is 0 Å². The fourth-order valence-corrected chi connectivity index (χ4v) is 2.29. The van der Waals surface area contributed by atoms with Crippen LogP contribution in [0, 0.1) is 13.8 Å². The number of aryl methyl sites for hydroxylation is 2. The third-order valence-corrected chi connectivity index (χ3v) is 3.56. The maximum absolute atomic E-state index is 12.5. The van der Waals surface area contributed by atoms with Crippen molar-refractivity contribution in [2.45, 2.75) is 32.5 Å². The lowest BCUT2D eigenvalue weighted by Crippen LogP contribution is -2.17. The van der Waals surface area contributed by atoms with E-state index in [1.807, 2.05) is 32.0 Å². The number of nitrogens with zero attached hydrogens (tertiary/aromatic N) is 1. The Kier molecular flexibility index (Phi) is 4.32. The van der Waals surface area contributed by atoms with Crippen molar-refractivity contribution in [3.8, 4) is 0 Å². The molecule has 1 heterocycles. The molecule has 0 saturated carbocycles. The van der Waals surface area contributed by atoms with E-state index in [4.69, 9.17) is 5.73 Å². The Hall–Kier alpha value is -1.88. The molecule has 0 aliphatic rings. The first-order chi connectivity index (χ1) is 9.79. The van der Waals surface area contributed by atoms with Gasteiger partial charge in [0.15, 0.2) is 0 Å². The Morgan fingerprint density at radius 2 is 1.71 bits per heavy atom. The summed E-state index contributed by atoms with van der Waals surface area (Å²) >= 11 is 0. The summed E-state index contributed by atoms with van der Waals surface area (Å²) in [5.41, 5.74) is 9.15. The molecule has 1 atom stereocenters. The van der Waals surface area contributed by atoms with Crippen molar-refractivity contribution in [1.29, 1.82) is 0 Å². The van der Waals surface area contributed by atoms with Crippen molar-refractivity contribution in [2.24, 2.45) is 5.73 Å². The lowest BCUT2D eigenvalue weighted by molar-refractivity contribution is -0.137. The summed E-state index contributed by atoms with van der Waals surface area (Å²) in [6.45, 7) is 3.99. The number of rotatable bonds is 3. The predicted molar refractivity (Wildman–Crippen MR) is 75.8 cm³/mol. The van der Waals surface area contributed by atoms with Gasteiger partial charge in [-0.25, -0.2) is 0 Å². The zero-order valence-electron chi connectivity index (χ0n) is 11.9. The second kappa shape index (κ2) is 5.85. The lowest BCUT2D eigenvalue weighted by Gasteiger charge is -2.16. The zero-order valence-corrected chi connectivity index (χ0v) is 11.9. The monoisotopic (exact) mass is 294 g/mol. The molecule has 0 aliphatic carbocycles. The number of nitrogens with two attached hydrogens (primary N) is 1. The van der Waals surface area contributed by atoms with Crippen molar-refractivity contribution in [2.75, 3.05) is 0 Å². The van der Waals surface area contributed by atoms with Crippen LogP contribution in [0.15, 0.2) is 36.5 Å². The summed E-state index contributed by atoms with van der Waals surface area (Å²) in [6, 6.07) is 7.90. The van der Waals surface area contributed by atoms with Crippen LogP contribution in [0.1, 0.15) is 34.0 Å². The molecular weight excluding hydrogens is 277 g/mol. The second-order valence-corrected chi connectivity index (χ2v) is 5.15. The molecule has 1 unspecified atom stereocenters. The molecule has 2 aromatic rings. The van der Waals surface area contributed by atoms with Crippen LogP contribution in [-0.2, 0) is 12.6 Å². The first-order valence-electron chi connectivity index (χ1n) is 6.63. The van der Waals surface area contributed by atoms with Gasteiger partial charge < -0.3 is 5.73 Å². The molecule has 0 bridgehead atoms. The van der Waals surface area contributed by atoms with Crippen LogP contribution in [0.25, 0.3) is 0 Å². The Labute approximate surface area is 121 Å². The average molecular weight is 294 g/mol. The molecule has 0 saturated heterocycles. The summed E-state index contributed by atoms with van der Waals surface area (Å²) in [5, 5.41) is 0. The van der Waals surface area contributed by atoms with E-state index in [9.17, 15) is 13.2 Å². The highest BCUT2D eigenvalue weighted by Crippen LogP contribution is 2.29. The van der Waals surface area contributed by atoms with Gasteiger partial charge in [-0.2, -0.15) is 13.2 Å². The van der Waals surface area contributed by atoms with Crippen molar-refractivity contribution in [3.05, 3.63) is 64.5 Å². The molecule has 2 N–H and O–H groups in total. The van der Waals surface area contributed by atoms with Crippen molar-refractivity contribution in [3.63, 3.8) is 0 Å². The first kappa shape index (κ1) is 15.5. The Morgan fingerprint density at radius 1 is 1.10 bits per heavy atom. The molecule has 112 valence electrons. The molecule has 0 aliphatic heterocycles. The molecule has 0 amide bonds. The minimum absolute atomic E-state index is 0.424. The van der Waals surface area contributed by atoms with Gasteiger partial charge in [0.2, 0.25) is 0 Å². The van der Waals surface area contributed by atoms with Gasteiger partial charge in [-0.05, 0) is 49.1 Å². The van der Waals surface area contributed by atoms with E-state index in [-0.39, 0.29) is 0 Å². The molecule has 2 nitrogen and oxygen atoms in total. The molecule has 21 heavy (non-hydrogen) atoms. The summed E-state index contributed by atoms with van der Waals surface area (Å²) in [6.07, 6.45) is -2.99. The Balaban J connectivity index is 2.19. The summed E-state index contributed by atoms with van der Waals surface area (Å²) in [5.74, 6) is 0. The molecule has 5 heteroatoms. The van der Waals surface area contributed by atoms with Gasteiger partial charge >= 0.3 is 6.18 Å². The molecule has 2 rings (SSSR count). The zero-order chi connectivity index (χ0) is 15.6. The quantitative estimate of drug-likeness (QED) is 0.930. The molecule has 0 fully saturated rings. The van der Waals surface area contributed by atoms with Crippen LogP contribution in [-0.4, -0.2) is 4.98 Å². The maximum atomic E-state index is 12.5. The average Bonchev–Trinajstić information content (AvgIpc) is 2.42. The summed E-state index contributed by atoms with van der Waals surface area (Å²) in [4.78, 5) is 3.86. The highest BCUT2D eigenvalue weighted by atomic mass is 19.4. The van der Waals surface area contributed by atoms with E-state index in [0.717, 1.165) is 29.0 Å². The van der Waals surface area contributed by atoms with Gasteiger partial charge in [-0.3, -0.25) is 4.98 Å². The van der Waals surface area contributed by atoms with Crippen LogP contribution in [0.2, 0.25) is 0 Å². The fraction of sp³-hybridized carbons (Fsp3) is 0.312. The van der Waals surface area contributed by atoms with Crippen LogP contribution >= 0.6 is 0 Å². The third-order valence-electron chi connectivity index (χ3n) is 3.56. The molecule has 0 radical (unpaired) electrons. The second-order valence-electron chi connectivity index (χ2n) is 5.15. The van der Waals surface area contributed by atoms with Crippen LogP contribution < -0.4 is 5.73 Å². The highest BCUT2D eigenvalue weighted by Gasteiger charge is 2.30. The topological polar surface area (TPSA) is 38.9 Å². The highest BCUT2D eigenvalue weighted by molar-refractivity contribution is 5.35. The fourth-order valence-electron chi connectivity index (χ4n) is 2.29. The molecule has 1 aromatic carbocycles. The van der Waals surface area contributed by atoms with E-state index >= 15 is 0 Å². The SMILES string of the molecule is Cc1cccc(C)c1CC(N)c1ccc(C(F)(F)F)cn1. The van der Waals surface area contributed by atoms with E-state index in [0.29, 0.717) is 12.1 Å². The van der Waals surface area contributed by atoms with Gasteiger partial charge in [-0.15, -0.1) is 0 Å². The number of aromatic nitrogens is 1. The standard InChI is InChI=1S/C16H17F3N2/c1-10-4-3-5-11(2)13(10)8-14(20)15-7-6-12(9-21-15)16(17,18)19/h3-7,9,14H,8,20H2,1-2H3. The van der Waals surface area contributed by atoms with Gasteiger partial charge in [-0.1, -0.05) is 18.2 Å². The smallest absolute Gasteiger partial charge is 0.322 e. The number of hydrogen-bond donors (Lipinski definition) is 1. The normalized spacial score (nSPS) is 13.2. The Morgan fingerprint density at radius 3 is 2.19 bits per heavy atom. The number of alkyl halides is 3. The predicted octanol–water partition coefficient (Wildman–Crippen LogP) is 3.96. The molecular formula is C16H17F3N2. The molecule has 0 spiro atoms. The summed E-state index contributed by atoms with van der Waals surface area (Å²) in [7, 11) is 0. The van der Waals surface area contributed by atoms with E-state index in [1.165, 1.54) is 6.07 Å². The minimum atomic E-state index is -4.37. The Bertz CT molecular complexity index is 598. The number of benzene rings is 1. The number of halogens is 3. The summed E-state index contributed by atoms with van der Waals surface area (Å²) < 4.78 is 37.5. The van der Waals surface area contributed by atoms with E-state index < -0.39 is 17.8 Å². The van der Waals surface area contributed by atoms with E-state index in [1.54, 1.807) is 0 Å². The first-order valence-corrected chi connectivity index (χ1v) is 6.63. The van der Waals surface area contributed by atoms with Gasteiger partial charge in [0.05, 0.1) is 17.3 Å². The van der Waals surface area contributed by atoms with Crippen molar-refractivity contribution < 1.29 is 13.2 Å². The van der Waals surface area contributed by atoms with Crippen LogP contribution in [0.3, 0.4) is 0 Å². The van der Waals surface area contributed by atoms with Gasteiger partial charge in [0, 0.05) is 6.20 Å². The third kappa shape index (κ3) is 3.61. The maximum Gasteiger partial charge on any atom is 0.417 e. The van der Waals surface area contributed by atoms with Crippen molar-refractivity contribution in [1.82, 2.24) is 4.98 Å². The number of hydrogen-bond acceptors (Lipinski definition) is 2.